The minimum Gasteiger partial charge on any atom is -0.0836 e. The highest BCUT2D eigenvalue weighted by Gasteiger charge is 2.54. The molecule has 0 N–H and O–H groups in total. The standard InChI is InChI=1S/C28H24.C26H24/c1-18(2)19-13-9-14-23-22-12-5-8-17-26(22)28(27(19)23)24-15-6-3-10-20(24)21-11-4-7-16-25(21)28;1-3-7-23(8-4-1)25-17-13-21(14-18-25)11-12-22-15-19-26(20-16-22)24-9-5-2-6-10-24/h3,5-6,8-18H,4,7H2,1-2H3;1,3-5,7-10,13-20H,2,6,11-12H2. The number of hydrogen-bond donors (Lipinski definition) is 0. The molecule has 4 aliphatic rings. The van der Waals surface area contributed by atoms with Crippen LogP contribution in [0.3, 0.4) is 0 Å². The second-order valence-corrected chi connectivity index (χ2v) is 15.5. The Morgan fingerprint density at radius 1 is 0.481 bits per heavy atom. The predicted octanol–water partition coefficient (Wildman–Crippen LogP) is 14.1. The lowest BCUT2D eigenvalue weighted by molar-refractivity contribution is 0.744. The molecule has 0 saturated heterocycles. The second-order valence-electron chi connectivity index (χ2n) is 15.5. The molecule has 1 spiro atoms. The van der Waals surface area contributed by atoms with Crippen LogP contribution in [0.4, 0.5) is 0 Å². The normalized spacial score (nSPS) is 17.4. The van der Waals surface area contributed by atoms with Gasteiger partial charge < -0.3 is 0 Å². The molecule has 4 aliphatic carbocycles. The Hall–Kier alpha value is -5.72. The first-order chi connectivity index (χ1) is 26.6. The molecule has 0 aliphatic heterocycles. The Kier molecular flexibility index (Phi) is 9.21. The van der Waals surface area contributed by atoms with Crippen molar-refractivity contribution in [3.05, 3.63) is 226 Å². The van der Waals surface area contributed by atoms with E-state index in [9.17, 15) is 0 Å². The lowest BCUT2D eigenvalue weighted by atomic mass is 9.67. The van der Waals surface area contributed by atoms with E-state index in [0.29, 0.717) is 5.92 Å². The van der Waals surface area contributed by atoms with Crippen LogP contribution in [0.15, 0.2) is 182 Å². The summed E-state index contributed by atoms with van der Waals surface area (Å²) in [6, 6.07) is 53.8. The van der Waals surface area contributed by atoms with Gasteiger partial charge in [0.25, 0.3) is 0 Å². The summed E-state index contributed by atoms with van der Waals surface area (Å²) in [5, 5.41) is 0. The van der Waals surface area contributed by atoms with E-state index in [-0.39, 0.29) is 5.41 Å². The molecule has 264 valence electrons. The molecular weight excluding hydrogens is 649 g/mol. The Morgan fingerprint density at radius 3 is 1.74 bits per heavy atom. The van der Waals surface area contributed by atoms with Crippen molar-refractivity contribution < 1.29 is 0 Å². The molecule has 54 heavy (non-hydrogen) atoms. The lowest BCUT2D eigenvalue weighted by Crippen LogP contribution is -2.28. The van der Waals surface area contributed by atoms with Crippen LogP contribution in [0.5, 0.6) is 0 Å². The van der Waals surface area contributed by atoms with Crippen LogP contribution in [-0.4, -0.2) is 0 Å². The number of aryl methyl sites for hydroxylation is 2. The molecule has 0 nitrogen and oxygen atoms in total. The van der Waals surface area contributed by atoms with Gasteiger partial charge in [0.05, 0.1) is 5.41 Å². The van der Waals surface area contributed by atoms with Crippen LogP contribution in [0, 0.1) is 0 Å². The third-order valence-corrected chi connectivity index (χ3v) is 11.9. The monoisotopic (exact) mass is 696 g/mol. The fourth-order valence-corrected chi connectivity index (χ4v) is 9.38. The van der Waals surface area contributed by atoms with E-state index < -0.39 is 0 Å². The minimum atomic E-state index is -0.157. The van der Waals surface area contributed by atoms with Gasteiger partial charge >= 0.3 is 0 Å². The van der Waals surface area contributed by atoms with E-state index in [4.69, 9.17) is 0 Å². The first-order valence-corrected chi connectivity index (χ1v) is 20.0. The molecule has 6 aromatic rings. The maximum absolute atomic E-state index is 2.53. The topological polar surface area (TPSA) is 0 Å². The van der Waals surface area contributed by atoms with Crippen molar-refractivity contribution in [3.63, 3.8) is 0 Å². The van der Waals surface area contributed by atoms with E-state index in [1.807, 2.05) is 0 Å². The molecule has 0 heteroatoms. The number of hydrogen-bond acceptors (Lipinski definition) is 0. The summed E-state index contributed by atoms with van der Waals surface area (Å²) in [7, 11) is 0. The Labute approximate surface area is 322 Å². The largest absolute Gasteiger partial charge is 0.0836 e. The van der Waals surface area contributed by atoms with Gasteiger partial charge in [0.2, 0.25) is 0 Å². The average Bonchev–Trinajstić information content (AvgIpc) is 3.72. The van der Waals surface area contributed by atoms with Crippen molar-refractivity contribution in [3.8, 4) is 22.3 Å². The molecule has 10 rings (SSSR count). The summed E-state index contributed by atoms with van der Waals surface area (Å²) in [4.78, 5) is 0. The molecule has 1 unspecified atom stereocenters. The van der Waals surface area contributed by atoms with Crippen LogP contribution >= 0.6 is 0 Å². The zero-order valence-corrected chi connectivity index (χ0v) is 31.6. The Morgan fingerprint density at radius 2 is 1.06 bits per heavy atom. The molecule has 6 aromatic carbocycles. The molecular formula is C54H48. The number of fused-ring (bicyclic) bond motifs is 10. The van der Waals surface area contributed by atoms with Gasteiger partial charge in [-0.25, -0.2) is 0 Å². The highest BCUT2D eigenvalue weighted by atomic mass is 14.6. The highest BCUT2D eigenvalue weighted by Crippen LogP contribution is 2.65. The molecule has 0 amide bonds. The zero-order chi connectivity index (χ0) is 36.5. The minimum absolute atomic E-state index is 0.157. The highest BCUT2D eigenvalue weighted by molar-refractivity contribution is 6.00. The first-order valence-electron chi connectivity index (χ1n) is 20.0. The molecule has 0 radical (unpaired) electrons. The van der Waals surface area contributed by atoms with Gasteiger partial charge in [-0.1, -0.05) is 190 Å². The van der Waals surface area contributed by atoms with E-state index in [2.05, 4.69) is 190 Å². The van der Waals surface area contributed by atoms with Gasteiger partial charge in [-0.05, 0) is 128 Å². The maximum atomic E-state index is 2.53. The van der Waals surface area contributed by atoms with Gasteiger partial charge in [0, 0.05) is 0 Å². The van der Waals surface area contributed by atoms with Gasteiger partial charge in [-0.15, -0.1) is 0 Å². The Bertz CT molecular complexity index is 2430. The maximum Gasteiger partial charge on any atom is 0.0725 e. The summed E-state index contributed by atoms with van der Waals surface area (Å²) in [6.07, 6.45) is 18.6. The molecule has 0 aromatic heterocycles. The molecule has 1 atom stereocenters. The van der Waals surface area contributed by atoms with Crippen LogP contribution in [0.1, 0.15) is 90.0 Å². The summed E-state index contributed by atoms with van der Waals surface area (Å²) >= 11 is 0. The molecule has 0 fully saturated rings. The van der Waals surface area contributed by atoms with Crippen molar-refractivity contribution in [2.24, 2.45) is 0 Å². The van der Waals surface area contributed by atoms with Crippen LogP contribution < -0.4 is 0 Å². The van der Waals surface area contributed by atoms with Gasteiger partial charge in [-0.2, -0.15) is 0 Å². The number of benzene rings is 6. The van der Waals surface area contributed by atoms with Gasteiger partial charge in [0.15, 0.2) is 0 Å². The summed E-state index contributed by atoms with van der Waals surface area (Å²) in [6.45, 7) is 4.66. The van der Waals surface area contributed by atoms with Crippen molar-refractivity contribution >= 4 is 11.1 Å². The quantitative estimate of drug-likeness (QED) is 0.163. The fraction of sp³-hybridized carbons (Fsp3) is 0.185. The number of allylic oxidation sites excluding steroid dienone is 8. The summed E-state index contributed by atoms with van der Waals surface area (Å²) in [5.74, 6) is 0.491. The lowest BCUT2D eigenvalue weighted by Gasteiger charge is -2.34. The average molecular weight is 697 g/mol. The predicted molar refractivity (Wildman–Crippen MR) is 230 cm³/mol. The summed E-state index contributed by atoms with van der Waals surface area (Å²) in [5.41, 5.74) is 21.1. The summed E-state index contributed by atoms with van der Waals surface area (Å²) < 4.78 is 0. The molecule has 0 bridgehead atoms. The van der Waals surface area contributed by atoms with Gasteiger partial charge in [-0.3, -0.25) is 0 Å². The van der Waals surface area contributed by atoms with Crippen molar-refractivity contribution in [1.29, 1.82) is 0 Å². The van der Waals surface area contributed by atoms with Crippen molar-refractivity contribution in [2.45, 2.75) is 63.7 Å². The van der Waals surface area contributed by atoms with Crippen LogP contribution in [0.2, 0.25) is 0 Å². The SMILES string of the molecule is C1=CC(c2ccc(CCc3ccc(-c4ccccc4)cc3)cc2)=CCC1.CC(C)c1cccc2c1C1(C3=CCCC=C3c3ccccc31)c1ccccc1-2. The van der Waals surface area contributed by atoms with Crippen molar-refractivity contribution in [1.82, 2.24) is 0 Å². The first kappa shape index (κ1) is 34.1. The van der Waals surface area contributed by atoms with E-state index >= 15 is 0 Å². The molecule has 0 saturated carbocycles. The van der Waals surface area contributed by atoms with Crippen LogP contribution in [0.25, 0.3) is 33.4 Å². The zero-order valence-electron chi connectivity index (χ0n) is 31.6. The fourth-order valence-electron chi connectivity index (χ4n) is 9.38. The third-order valence-electron chi connectivity index (χ3n) is 11.9. The van der Waals surface area contributed by atoms with Gasteiger partial charge in [0.1, 0.15) is 0 Å². The van der Waals surface area contributed by atoms with E-state index in [1.54, 1.807) is 0 Å². The van der Waals surface area contributed by atoms with E-state index in [0.717, 1.165) is 32.1 Å². The van der Waals surface area contributed by atoms with Crippen LogP contribution in [-0.2, 0) is 18.3 Å². The second kappa shape index (κ2) is 14.6. The molecule has 0 heterocycles. The third kappa shape index (κ3) is 5.95. The van der Waals surface area contributed by atoms with Crippen molar-refractivity contribution in [2.75, 3.05) is 0 Å². The Balaban J connectivity index is 0.000000143. The smallest absolute Gasteiger partial charge is 0.0725 e. The number of rotatable bonds is 6. The van der Waals surface area contributed by atoms with E-state index in [1.165, 1.54) is 89.9 Å².